The quantitative estimate of drug-likeness (QED) is 0.371. The number of nitro groups is 1. The second-order valence-corrected chi connectivity index (χ2v) is 5.82. The van der Waals surface area contributed by atoms with E-state index in [9.17, 15) is 14.9 Å². The molecule has 1 aliphatic heterocycles. The van der Waals surface area contributed by atoms with Gasteiger partial charge in [-0.3, -0.25) is 10.1 Å². The Morgan fingerprint density at radius 3 is 2.45 bits per heavy atom. The fraction of sp³-hybridized carbons (Fsp3) is 0.438. The van der Waals surface area contributed by atoms with E-state index in [0.717, 1.165) is 31.6 Å². The van der Waals surface area contributed by atoms with E-state index in [4.69, 9.17) is 0 Å². The van der Waals surface area contributed by atoms with Crippen molar-refractivity contribution in [3.05, 3.63) is 46.0 Å². The van der Waals surface area contributed by atoms with Crippen LogP contribution in [-0.2, 0) is 4.74 Å². The van der Waals surface area contributed by atoms with Crippen molar-refractivity contribution in [1.82, 2.24) is 0 Å². The molecule has 22 heavy (non-hydrogen) atoms. The van der Waals surface area contributed by atoms with Gasteiger partial charge in [-0.1, -0.05) is 12.2 Å². The molecule has 0 amide bonds. The number of nitrogens with zero attached hydrogens (tertiary/aromatic N) is 2. The number of benzene rings is 1. The number of ether oxygens (including phenoxy) is 1. The smallest absolute Gasteiger partial charge is 0.344 e. The van der Waals surface area contributed by atoms with Gasteiger partial charge in [-0.2, -0.15) is 0 Å². The summed E-state index contributed by atoms with van der Waals surface area (Å²) >= 11 is 0. The molecule has 6 heteroatoms. The molecule has 2 aliphatic rings. The van der Waals surface area contributed by atoms with Crippen LogP contribution in [0.2, 0.25) is 0 Å². The zero-order valence-electron chi connectivity index (χ0n) is 12.4. The monoisotopic (exact) mass is 302 g/mol. The number of fused-ring (bicyclic) bond motifs is 1. The van der Waals surface area contributed by atoms with Crippen molar-refractivity contribution in [2.45, 2.75) is 12.8 Å². The highest BCUT2D eigenvalue weighted by Crippen LogP contribution is 2.36. The van der Waals surface area contributed by atoms with E-state index in [0.29, 0.717) is 11.8 Å². The van der Waals surface area contributed by atoms with E-state index in [1.807, 2.05) is 0 Å². The Morgan fingerprint density at radius 2 is 1.91 bits per heavy atom. The SMILES string of the molecule is COC(=O)c1cc(N2CC3CC=CCC3C2)ccc1[N+](=O)[O-]. The lowest BCUT2D eigenvalue weighted by atomic mass is 9.86. The number of anilines is 1. The first-order valence-corrected chi connectivity index (χ1v) is 7.37. The van der Waals surface area contributed by atoms with Gasteiger partial charge in [0.1, 0.15) is 5.56 Å². The van der Waals surface area contributed by atoms with Crippen LogP contribution in [-0.4, -0.2) is 31.1 Å². The van der Waals surface area contributed by atoms with Gasteiger partial charge in [0.15, 0.2) is 0 Å². The molecule has 2 unspecified atom stereocenters. The number of carbonyl (C=O) groups excluding carboxylic acids is 1. The van der Waals surface area contributed by atoms with E-state index in [2.05, 4.69) is 21.8 Å². The van der Waals surface area contributed by atoms with Crippen molar-refractivity contribution in [3.63, 3.8) is 0 Å². The highest BCUT2D eigenvalue weighted by atomic mass is 16.6. The molecule has 1 saturated heterocycles. The number of rotatable bonds is 3. The average Bonchev–Trinajstić information content (AvgIpc) is 2.97. The largest absolute Gasteiger partial charge is 0.465 e. The van der Waals surface area contributed by atoms with Crippen LogP contribution in [0.1, 0.15) is 23.2 Å². The Kier molecular flexibility index (Phi) is 3.83. The second kappa shape index (κ2) is 5.79. The van der Waals surface area contributed by atoms with Gasteiger partial charge in [0, 0.05) is 24.8 Å². The van der Waals surface area contributed by atoms with Crippen LogP contribution in [0.4, 0.5) is 11.4 Å². The van der Waals surface area contributed by atoms with Crippen molar-refractivity contribution in [2.24, 2.45) is 11.8 Å². The molecule has 0 N–H and O–H groups in total. The van der Waals surface area contributed by atoms with Crippen LogP contribution in [0.25, 0.3) is 0 Å². The fourth-order valence-corrected chi connectivity index (χ4v) is 3.38. The Balaban J connectivity index is 1.89. The van der Waals surface area contributed by atoms with E-state index in [1.54, 1.807) is 12.1 Å². The first-order valence-electron chi connectivity index (χ1n) is 7.37. The summed E-state index contributed by atoms with van der Waals surface area (Å²) in [5, 5.41) is 11.1. The van der Waals surface area contributed by atoms with Crippen molar-refractivity contribution < 1.29 is 14.5 Å². The molecule has 1 heterocycles. The van der Waals surface area contributed by atoms with Crippen LogP contribution in [0.15, 0.2) is 30.4 Å². The second-order valence-electron chi connectivity index (χ2n) is 5.82. The number of hydrogen-bond donors (Lipinski definition) is 0. The highest BCUT2D eigenvalue weighted by Gasteiger charge is 2.33. The minimum Gasteiger partial charge on any atom is -0.465 e. The molecule has 1 aliphatic carbocycles. The lowest BCUT2D eigenvalue weighted by Gasteiger charge is -2.19. The van der Waals surface area contributed by atoms with Crippen LogP contribution in [0.5, 0.6) is 0 Å². The zero-order chi connectivity index (χ0) is 15.7. The van der Waals surface area contributed by atoms with Crippen molar-refractivity contribution in [2.75, 3.05) is 25.1 Å². The number of hydrogen-bond acceptors (Lipinski definition) is 5. The first-order chi connectivity index (χ1) is 10.6. The Bertz CT molecular complexity index is 625. The molecule has 0 bridgehead atoms. The average molecular weight is 302 g/mol. The van der Waals surface area contributed by atoms with Gasteiger partial charge < -0.3 is 9.64 Å². The molecule has 0 spiro atoms. The topological polar surface area (TPSA) is 72.7 Å². The predicted octanol–water partition coefficient (Wildman–Crippen LogP) is 2.78. The summed E-state index contributed by atoms with van der Waals surface area (Å²) in [7, 11) is 1.23. The minimum atomic E-state index is -0.674. The zero-order valence-corrected chi connectivity index (χ0v) is 12.4. The number of methoxy groups -OCH3 is 1. The van der Waals surface area contributed by atoms with Crippen LogP contribution < -0.4 is 4.90 Å². The number of esters is 1. The lowest BCUT2D eigenvalue weighted by molar-refractivity contribution is -0.385. The number of nitro benzene ring substituents is 1. The van der Waals surface area contributed by atoms with E-state index in [-0.39, 0.29) is 11.3 Å². The molecule has 6 nitrogen and oxygen atoms in total. The molecular weight excluding hydrogens is 284 g/mol. The van der Waals surface area contributed by atoms with Gasteiger partial charge in [-0.15, -0.1) is 0 Å². The molecule has 116 valence electrons. The number of carbonyl (C=O) groups is 1. The van der Waals surface area contributed by atoms with E-state index >= 15 is 0 Å². The third-order valence-corrected chi connectivity index (χ3v) is 4.57. The summed E-state index contributed by atoms with van der Waals surface area (Å²) in [6.45, 7) is 1.85. The maximum absolute atomic E-state index is 11.8. The van der Waals surface area contributed by atoms with Crippen molar-refractivity contribution in [3.8, 4) is 0 Å². The van der Waals surface area contributed by atoms with Gasteiger partial charge in [-0.25, -0.2) is 4.79 Å². The van der Waals surface area contributed by atoms with Gasteiger partial charge >= 0.3 is 5.97 Å². The molecule has 0 saturated carbocycles. The highest BCUT2D eigenvalue weighted by molar-refractivity contribution is 5.95. The number of allylic oxidation sites excluding steroid dienone is 2. The van der Waals surface area contributed by atoms with Crippen LogP contribution in [0.3, 0.4) is 0 Å². The maximum atomic E-state index is 11.8. The molecule has 1 fully saturated rings. The third-order valence-electron chi connectivity index (χ3n) is 4.57. The fourth-order valence-electron chi connectivity index (χ4n) is 3.38. The first kappa shape index (κ1) is 14.6. The molecule has 0 radical (unpaired) electrons. The summed E-state index contributed by atoms with van der Waals surface area (Å²) in [6.07, 6.45) is 6.61. The van der Waals surface area contributed by atoms with E-state index in [1.165, 1.54) is 13.2 Å². The third kappa shape index (κ3) is 2.56. The Hall–Kier alpha value is -2.37. The predicted molar refractivity (Wildman–Crippen MR) is 82.0 cm³/mol. The summed E-state index contributed by atoms with van der Waals surface area (Å²) in [5.74, 6) is 0.579. The molecule has 2 atom stereocenters. The van der Waals surface area contributed by atoms with Gasteiger partial charge in [0.25, 0.3) is 5.69 Å². The van der Waals surface area contributed by atoms with Gasteiger partial charge in [0.2, 0.25) is 0 Å². The maximum Gasteiger partial charge on any atom is 0.344 e. The summed E-state index contributed by atoms with van der Waals surface area (Å²) in [6, 6.07) is 4.69. The molecule has 1 aromatic carbocycles. The molecular formula is C16H18N2O4. The van der Waals surface area contributed by atoms with Gasteiger partial charge in [0.05, 0.1) is 12.0 Å². The Labute approximate surface area is 128 Å². The van der Waals surface area contributed by atoms with Crippen molar-refractivity contribution >= 4 is 17.3 Å². The van der Waals surface area contributed by atoms with E-state index < -0.39 is 10.9 Å². The summed E-state index contributed by atoms with van der Waals surface area (Å²) in [5.41, 5.74) is 0.646. The van der Waals surface area contributed by atoms with Crippen LogP contribution >= 0.6 is 0 Å². The van der Waals surface area contributed by atoms with Crippen molar-refractivity contribution in [1.29, 1.82) is 0 Å². The normalized spacial score (nSPS) is 23.2. The lowest BCUT2D eigenvalue weighted by Crippen LogP contribution is -2.20. The Morgan fingerprint density at radius 1 is 1.27 bits per heavy atom. The molecule has 0 aromatic heterocycles. The minimum absolute atomic E-state index is 0.0120. The van der Waals surface area contributed by atoms with Gasteiger partial charge in [-0.05, 0) is 36.8 Å². The summed E-state index contributed by atoms with van der Waals surface area (Å²) in [4.78, 5) is 24.5. The molecule has 1 aromatic rings. The van der Waals surface area contributed by atoms with Crippen LogP contribution in [0, 0.1) is 22.0 Å². The molecule has 3 rings (SSSR count). The standard InChI is InChI=1S/C16H18N2O4/c1-22-16(19)14-8-13(6-7-15(14)18(20)21)17-9-11-4-2-3-5-12(11)10-17/h2-3,6-8,11-12H,4-5,9-10H2,1H3. The summed E-state index contributed by atoms with van der Waals surface area (Å²) < 4.78 is 4.67.